The molecule has 0 aliphatic heterocycles. The number of primary amides is 1. The maximum atomic E-state index is 13.4. The fourth-order valence-electron chi connectivity index (χ4n) is 3.70. The third kappa shape index (κ3) is 10.8. The number of nitrogens with one attached hydrogen (secondary N) is 3. The molecule has 0 aromatic heterocycles. The molecule has 4 amide bonds. The Hall–Kier alpha value is -4.53. The number of hydrogen-bond acceptors (Lipinski definition) is 10. The Morgan fingerprint density at radius 1 is 0.786 bits per heavy atom. The molecule has 0 aliphatic carbocycles. The number of benzene rings is 2. The fraction of sp³-hybridized carbons (Fsp3) is 0.393. The minimum Gasteiger partial charge on any atom is -0.508 e. The van der Waals surface area contributed by atoms with Crippen LogP contribution >= 0.6 is 0 Å². The number of aromatic hydroxyl groups is 1. The predicted octanol–water partition coefficient (Wildman–Crippen LogP) is -1.90. The van der Waals surface area contributed by atoms with Crippen LogP contribution in [0, 0.1) is 0 Å². The molecular weight excluding hydrogens is 550 g/mol. The molecule has 42 heavy (non-hydrogen) atoms. The molecule has 0 unspecified atom stereocenters. The molecule has 0 aliphatic rings. The molecule has 14 nitrogen and oxygen atoms in total. The highest BCUT2D eigenvalue weighted by molar-refractivity contribution is 5.96. The van der Waals surface area contributed by atoms with Gasteiger partial charge in [0.2, 0.25) is 23.6 Å². The number of phenolic OH excluding ortho intramolecular Hbond substituents is 1. The normalized spacial score (nSPS) is 15.2. The van der Waals surface area contributed by atoms with E-state index < -0.39 is 72.4 Å². The molecule has 228 valence electrons. The first-order valence-corrected chi connectivity index (χ1v) is 13.1. The predicted molar refractivity (Wildman–Crippen MR) is 149 cm³/mol. The Bertz CT molecular complexity index is 1220. The summed E-state index contributed by atoms with van der Waals surface area (Å²) in [5.41, 5.74) is 12.0. The van der Waals surface area contributed by atoms with Crippen LogP contribution in [0.25, 0.3) is 0 Å². The smallest absolute Gasteiger partial charge is 0.331 e. The number of carbonyl (C=O) groups excluding carboxylic acids is 5. The zero-order valence-electron chi connectivity index (χ0n) is 23.2. The van der Waals surface area contributed by atoms with E-state index in [2.05, 4.69) is 16.0 Å². The lowest BCUT2D eigenvalue weighted by Gasteiger charge is -2.26. The zero-order chi connectivity index (χ0) is 31.4. The lowest BCUT2D eigenvalue weighted by molar-refractivity contribution is -0.152. The van der Waals surface area contributed by atoms with Crippen molar-refractivity contribution in [2.75, 3.05) is 0 Å². The number of phenols is 1. The second-order valence-electron chi connectivity index (χ2n) is 9.75. The summed E-state index contributed by atoms with van der Waals surface area (Å²) in [4.78, 5) is 63.3. The number of esters is 1. The minimum atomic E-state index is -1.56. The summed E-state index contributed by atoms with van der Waals surface area (Å²) in [6, 6.07) is 8.55. The van der Waals surface area contributed by atoms with Gasteiger partial charge >= 0.3 is 5.97 Å². The third-order valence-electron chi connectivity index (χ3n) is 6.13. The van der Waals surface area contributed by atoms with Crippen molar-refractivity contribution in [3.63, 3.8) is 0 Å². The zero-order valence-corrected chi connectivity index (χ0v) is 23.2. The number of aliphatic hydroxyl groups is 2. The maximum Gasteiger partial charge on any atom is 0.331 e. The van der Waals surface area contributed by atoms with Gasteiger partial charge in [-0.2, -0.15) is 0 Å². The van der Waals surface area contributed by atoms with Crippen LogP contribution in [0.1, 0.15) is 31.4 Å². The SMILES string of the molecule is C[C@@H](O)[C@H](N)C(=O)N[C@@H](CC(N)=O)C(=O)N[C@@H](Cc1ccc(O)cc1)C(=O)N[C@H](C(=O)OCc1ccccc1)[C@@H](C)O. The third-order valence-corrected chi connectivity index (χ3v) is 6.13. The van der Waals surface area contributed by atoms with E-state index in [1.54, 1.807) is 30.3 Å². The Balaban J connectivity index is 2.26. The Morgan fingerprint density at radius 3 is 1.90 bits per heavy atom. The molecule has 14 heteroatoms. The number of carbonyl (C=O) groups is 5. The average Bonchev–Trinajstić information content (AvgIpc) is 2.94. The van der Waals surface area contributed by atoms with E-state index in [-0.39, 0.29) is 18.8 Å². The van der Waals surface area contributed by atoms with E-state index in [0.717, 1.165) is 0 Å². The summed E-state index contributed by atoms with van der Waals surface area (Å²) in [6.07, 6.45) is -3.46. The monoisotopic (exact) mass is 587 g/mol. The van der Waals surface area contributed by atoms with Gasteiger partial charge in [-0.05, 0) is 37.1 Å². The largest absolute Gasteiger partial charge is 0.508 e. The van der Waals surface area contributed by atoms with Gasteiger partial charge in [0.15, 0.2) is 6.04 Å². The number of hydrogen-bond donors (Lipinski definition) is 8. The van der Waals surface area contributed by atoms with Gasteiger partial charge in [-0.15, -0.1) is 0 Å². The van der Waals surface area contributed by atoms with Crippen molar-refractivity contribution in [2.45, 2.75) is 69.7 Å². The van der Waals surface area contributed by atoms with Crippen molar-refractivity contribution in [3.8, 4) is 5.75 Å². The second-order valence-corrected chi connectivity index (χ2v) is 9.75. The molecular formula is C28H37N5O9. The number of ether oxygens (including phenoxy) is 1. The Morgan fingerprint density at radius 2 is 1.36 bits per heavy atom. The summed E-state index contributed by atoms with van der Waals surface area (Å²) < 4.78 is 5.25. The molecule has 0 bridgehead atoms. The van der Waals surface area contributed by atoms with Crippen LogP contribution in [-0.2, 0) is 41.7 Å². The first kappa shape index (κ1) is 33.7. The number of rotatable bonds is 15. The Kier molecular flexibility index (Phi) is 12.9. The molecule has 2 rings (SSSR count). The lowest BCUT2D eigenvalue weighted by atomic mass is 10.0. The highest BCUT2D eigenvalue weighted by Crippen LogP contribution is 2.13. The van der Waals surface area contributed by atoms with Crippen LogP contribution in [0.5, 0.6) is 5.75 Å². The molecule has 0 fully saturated rings. The highest BCUT2D eigenvalue weighted by Gasteiger charge is 2.33. The van der Waals surface area contributed by atoms with Crippen LogP contribution in [0.15, 0.2) is 54.6 Å². The minimum absolute atomic E-state index is 0.0437. The molecule has 0 saturated heterocycles. The van der Waals surface area contributed by atoms with E-state index >= 15 is 0 Å². The maximum absolute atomic E-state index is 13.4. The van der Waals surface area contributed by atoms with Gasteiger partial charge in [-0.3, -0.25) is 19.2 Å². The molecule has 6 atom stereocenters. The summed E-state index contributed by atoms with van der Waals surface area (Å²) in [7, 11) is 0. The number of nitrogens with two attached hydrogens (primary N) is 2. The summed E-state index contributed by atoms with van der Waals surface area (Å²) in [5, 5.41) is 36.5. The molecule has 0 heterocycles. The average molecular weight is 588 g/mol. The Labute approximate surface area is 242 Å². The van der Waals surface area contributed by atoms with Gasteiger partial charge in [0.05, 0.1) is 18.6 Å². The second kappa shape index (κ2) is 16.0. The van der Waals surface area contributed by atoms with Crippen LogP contribution in [0.4, 0.5) is 0 Å². The van der Waals surface area contributed by atoms with E-state index in [1.807, 2.05) is 0 Å². The molecule has 10 N–H and O–H groups in total. The van der Waals surface area contributed by atoms with Crippen LogP contribution in [-0.4, -0.2) is 81.3 Å². The standard InChI is InChI=1S/C28H37N5O9/c1-15(34)23(30)27(40)32-21(13-22(29)37)25(38)31-20(12-17-8-10-19(36)11-9-17)26(39)33-24(16(2)35)28(41)42-14-18-6-4-3-5-7-18/h3-11,15-16,20-21,23-24,34-36H,12-14,30H2,1-2H3,(H2,29,37)(H,31,38)(H,32,40)(H,33,39)/t15-,16-,20+,21+,23+,24+/m1/s1. The van der Waals surface area contributed by atoms with E-state index in [0.29, 0.717) is 11.1 Å². The van der Waals surface area contributed by atoms with Gasteiger partial charge in [0.1, 0.15) is 30.5 Å². The fourth-order valence-corrected chi connectivity index (χ4v) is 3.70. The van der Waals surface area contributed by atoms with E-state index in [4.69, 9.17) is 16.2 Å². The van der Waals surface area contributed by atoms with Crippen molar-refractivity contribution >= 4 is 29.6 Å². The highest BCUT2D eigenvalue weighted by atomic mass is 16.5. The molecule has 2 aromatic rings. The first-order valence-electron chi connectivity index (χ1n) is 13.1. The van der Waals surface area contributed by atoms with Crippen LogP contribution in [0.3, 0.4) is 0 Å². The van der Waals surface area contributed by atoms with Crippen LogP contribution in [0.2, 0.25) is 0 Å². The number of aliphatic hydroxyl groups excluding tert-OH is 2. The van der Waals surface area contributed by atoms with E-state index in [9.17, 15) is 39.3 Å². The molecule has 2 aromatic carbocycles. The van der Waals surface area contributed by atoms with Crippen LogP contribution < -0.4 is 27.4 Å². The molecule has 0 saturated carbocycles. The van der Waals surface area contributed by atoms with Gasteiger partial charge < -0.3 is 47.5 Å². The van der Waals surface area contributed by atoms with E-state index in [1.165, 1.54) is 38.1 Å². The van der Waals surface area contributed by atoms with Crippen molar-refractivity contribution < 1.29 is 44.0 Å². The first-order chi connectivity index (χ1) is 19.8. The van der Waals surface area contributed by atoms with Crippen molar-refractivity contribution in [1.29, 1.82) is 0 Å². The van der Waals surface area contributed by atoms with Crippen molar-refractivity contribution in [3.05, 3.63) is 65.7 Å². The molecule has 0 spiro atoms. The topological polar surface area (TPSA) is 243 Å². The van der Waals surface area contributed by atoms with Gasteiger partial charge in [-0.1, -0.05) is 42.5 Å². The molecule has 0 radical (unpaired) electrons. The van der Waals surface area contributed by atoms with Gasteiger partial charge in [-0.25, -0.2) is 4.79 Å². The quantitative estimate of drug-likeness (QED) is 0.108. The number of amides is 4. The summed E-state index contributed by atoms with van der Waals surface area (Å²) in [5.74, 6) is -4.75. The summed E-state index contributed by atoms with van der Waals surface area (Å²) >= 11 is 0. The van der Waals surface area contributed by atoms with Crippen molar-refractivity contribution in [2.24, 2.45) is 11.5 Å². The van der Waals surface area contributed by atoms with Crippen molar-refractivity contribution in [1.82, 2.24) is 16.0 Å². The summed E-state index contributed by atoms with van der Waals surface area (Å²) in [6.45, 7) is 2.41. The van der Waals surface area contributed by atoms with Gasteiger partial charge in [0, 0.05) is 6.42 Å². The van der Waals surface area contributed by atoms with Gasteiger partial charge in [0.25, 0.3) is 0 Å². The lowest BCUT2D eigenvalue weighted by Crippen LogP contribution is -2.60.